The number of hydrogen-bond donors (Lipinski definition) is 2. The Morgan fingerprint density at radius 3 is 2.78 bits per heavy atom. The van der Waals surface area contributed by atoms with Gasteiger partial charge in [0, 0.05) is 54.1 Å². The molecule has 0 radical (unpaired) electrons. The molecular formula is C38H41F2N7O3. The lowest BCUT2D eigenvalue weighted by Gasteiger charge is -2.40. The second-order valence-electron chi connectivity index (χ2n) is 15.2. The summed E-state index contributed by atoms with van der Waals surface area (Å²) in [6.45, 7) is 4.49. The zero-order valence-corrected chi connectivity index (χ0v) is 28.4. The highest BCUT2D eigenvalue weighted by atomic mass is 19.1. The van der Waals surface area contributed by atoms with E-state index in [1.54, 1.807) is 0 Å². The molecule has 9 rings (SSSR count). The van der Waals surface area contributed by atoms with Gasteiger partial charge in [0.15, 0.2) is 5.82 Å². The summed E-state index contributed by atoms with van der Waals surface area (Å²) in [5, 5.41) is 15.5. The van der Waals surface area contributed by atoms with Crippen LogP contribution in [0, 0.1) is 29.4 Å². The number of piperazine rings is 1. The number of phenolic OH excluding ortho intramolecular Hbond substituents is 1. The summed E-state index contributed by atoms with van der Waals surface area (Å²) in [6.07, 6.45) is 12.3. The summed E-state index contributed by atoms with van der Waals surface area (Å²) in [4.78, 5) is 21.5. The molecule has 4 aliphatic heterocycles. The standard InChI is InChI=1S/C38H41F2N7O3/c1-4-25-27(39)9-7-21-14-24(48)15-26(30(21)25)33-32(40)34-31-35(47-16-22-8-10-28(41-22)29(47)18-49-36(31)42-33)44-37(43-34)50-20-38(11-12-38)19-46-13-5-6-23(17-46)45(2)3/h1,7,9,14-15,22-23,28-29,41,48H,5-6,8,10-13,16-20H2,2-3H3/t22-,23+,28+,29-/m1/s1. The number of halogens is 2. The molecule has 0 amide bonds. The second-order valence-corrected chi connectivity index (χ2v) is 15.2. The number of benzene rings is 2. The topological polar surface area (TPSA) is 99.1 Å². The Hall–Kier alpha value is -4.31. The fourth-order valence-corrected chi connectivity index (χ4v) is 8.73. The Labute approximate surface area is 289 Å². The van der Waals surface area contributed by atoms with Gasteiger partial charge in [0.1, 0.15) is 40.6 Å². The van der Waals surface area contributed by atoms with Gasteiger partial charge >= 0.3 is 6.01 Å². The van der Waals surface area contributed by atoms with Gasteiger partial charge < -0.3 is 34.6 Å². The number of likely N-dealkylation sites (N-methyl/N-ethyl adjacent to an activating group) is 1. The van der Waals surface area contributed by atoms with Crippen LogP contribution < -0.4 is 19.7 Å². The molecule has 2 N–H and O–H groups in total. The van der Waals surface area contributed by atoms with Crippen LogP contribution in [0.5, 0.6) is 17.6 Å². The van der Waals surface area contributed by atoms with E-state index in [9.17, 15) is 5.11 Å². The molecule has 1 saturated carbocycles. The average molecular weight is 682 g/mol. The molecule has 5 aliphatic rings. The molecule has 2 aromatic heterocycles. The summed E-state index contributed by atoms with van der Waals surface area (Å²) in [6, 6.07) is 6.62. The van der Waals surface area contributed by atoms with Crippen molar-refractivity contribution in [3.8, 4) is 41.2 Å². The Morgan fingerprint density at radius 1 is 1.12 bits per heavy atom. The van der Waals surface area contributed by atoms with E-state index in [1.165, 1.54) is 37.1 Å². The SMILES string of the molecule is C#Cc1c(F)ccc2cc(O)cc(-c3nc4c5c(nc(OCC6(CN7CCC[C@H](N(C)C)C7)CC6)nc5c3F)N3C[C@H]5CC[C@H](N5)[C@H]3CO4)c12. The molecule has 0 spiro atoms. The zero-order chi connectivity index (χ0) is 34.3. The molecule has 2 aromatic carbocycles. The highest BCUT2D eigenvalue weighted by Crippen LogP contribution is 2.48. The first-order valence-electron chi connectivity index (χ1n) is 17.7. The van der Waals surface area contributed by atoms with Crippen LogP contribution in [0.15, 0.2) is 24.3 Å². The molecule has 10 nitrogen and oxygen atoms in total. The van der Waals surface area contributed by atoms with E-state index in [4.69, 9.17) is 30.8 Å². The lowest BCUT2D eigenvalue weighted by molar-refractivity contribution is 0.0954. The first kappa shape index (κ1) is 31.7. The van der Waals surface area contributed by atoms with Gasteiger partial charge in [-0.3, -0.25) is 0 Å². The number of phenols is 1. The molecule has 0 unspecified atom stereocenters. The van der Waals surface area contributed by atoms with Crippen LogP contribution in [0.1, 0.15) is 44.1 Å². The number of pyridine rings is 1. The first-order valence-corrected chi connectivity index (χ1v) is 17.7. The lowest BCUT2D eigenvalue weighted by atomic mass is 9.95. The van der Waals surface area contributed by atoms with Crippen molar-refractivity contribution in [2.24, 2.45) is 5.41 Å². The molecular weight excluding hydrogens is 640 g/mol. The van der Waals surface area contributed by atoms with E-state index in [-0.39, 0.29) is 68.9 Å². The van der Waals surface area contributed by atoms with Gasteiger partial charge in [-0.15, -0.1) is 6.42 Å². The largest absolute Gasteiger partial charge is 0.508 e. The van der Waals surface area contributed by atoms with E-state index in [0.29, 0.717) is 42.4 Å². The van der Waals surface area contributed by atoms with E-state index < -0.39 is 11.6 Å². The van der Waals surface area contributed by atoms with Crippen LogP contribution in [0.25, 0.3) is 32.9 Å². The van der Waals surface area contributed by atoms with Gasteiger partial charge in [-0.2, -0.15) is 9.97 Å². The zero-order valence-electron chi connectivity index (χ0n) is 28.4. The predicted octanol–water partition coefficient (Wildman–Crippen LogP) is 4.70. The summed E-state index contributed by atoms with van der Waals surface area (Å²) >= 11 is 0. The van der Waals surface area contributed by atoms with Crippen molar-refractivity contribution >= 4 is 27.5 Å². The summed E-state index contributed by atoms with van der Waals surface area (Å²) < 4.78 is 45.0. The molecule has 4 atom stereocenters. The normalized spacial score (nSPS) is 25.3. The third kappa shape index (κ3) is 5.29. The van der Waals surface area contributed by atoms with Crippen molar-refractivity contribution in [2.45, 2.75) is 62.7 Å². The van der Waals surface area contributed by atoms with Crippen molar-refractivity contribution in [2.75, 3.05) is 58.4 Å². The van der Waals surface area contributed by atoms with Crippen molar-refractivity contribution in [3.05, 3.63) is 41.5 Å². The number of hydrogen-bond acceptors (Lipinski definition) is 10. The third-order valence-corrected chi connectivity index (χ3v) is 11.6. The number of likely N-dealkylation sites (tertiary alicyclic amines) is 1. The minimum atomic E-state index is -0.749. The molecule has 2 bridgehead atoms. The average Bonchev–Trinajstić information content (AvgIpc) is 3.80. The molecule has 3 saturated heterocycles. The minimum absolute atomic E-state index is 0.00128. The van der Waals surface area contributed by atoms with E-state index >= 15 is 8.78 Å². The van der Waals surface area contributed by atoms with Crippen LogP contribution >= 0.6 is 0 Å². The molecule has 12 heteroatoms. The first-order chi connectivity index (χ1) is 24.2. The van der Waals surface area contributed by atoms with Gasteiger partial charge in [-0.1, -0.05) is 12.0 Å². The Kier molecular flexibility index (Phi) is 7.53. The number of aromatic nitrogens is 3. The Morgan fingerprint density at radius 2 is 1.98 bits per heavy atom. The van der Waals surface area contributed by atoms with E-state index in [0.717, 1.165) is 45.3 Å². The van der Waals surface area contributed by atoms with Crippen molar-refractivity contribution in [1.82, 2.24) is 30.1 Å². The highest BCUT2D eigenvalue weighted by molar-refractivity contribution is 6.04. The number of fused-ring (bicyclic) bond motifs is 6. The number of nitrogens with zero attached hydrogens (tertiary/aromatic N) is 6. The summed E-state index contributed by atoms with van der Waals surface area (Å²) in [5.41, 5.74) is -0.0423. The maximum atomic E-state index is 17.1. The third-order valence-electron chi connectivity index (χ3n) is 11.6. The van der Waals surface area contributed by atoms with Gasteiger partial charge in [0.2, 0.25) is 5.88 Å². The minimum Gasteiger partial charge on any atom is -0.508 e. The highest BCUT2D eigenvalue weighted by Gasteiger charge is 2.47. The number of rotatable bonds is 7. The quantitative estimate of drug-likeness (QED) is 0.267. The fraction of sp³-hybridized carbons (Fsp3) is 0.500. The smallest absolute Gasteiger partial charge is 0.319 e. The number of nitrogens with one attached hydrogen (secondary N) is 1. The maximum absolute atomic E-state index is 17.1. The maximum Gasteiger partial charge on any atom is 0.319 e. The van der Waals surface area contributed by atoms with Crippen molar-refractivity contribution < 1.29 is 23.4 Å². The van der Waals surface area contributed by atoms with Gasteiger partial charge in [0.05, 0.1) is 18.2 Å². The number of anilines is 1. The van der Waals surface area contributed by atoms with Crippen molar-refractivity contribution in [1.29, 1.82) is 0 Å². The molecule has 50 heavy (non-hydrogen) atoms. The van der Waals surface area contributed by atoms with E-state index in [1.807, 2.05) is 0 Å². The summed E-state index contributed by atoms with van der Waals surface area (Å²) in [7, 11) is 4.30. The molecule has 260 valence electrons. The fourth-order valence-electron chi connectivity index (χ4n) is 8.73. The van der Waals surface area contributed by atoms with Crippen LogP contribution in [-0.2, 0) is 0 Å². The van der Waals surface area contributed by atoms with Crippen LogP contribution in [0.3, 0.4) is 0 Å². The molecule has 4 fully saturated rings. The molecule has 1 aliphatic carbocycles. The van der Waals surface area contributed by atoms with Crippen LogP contribution in [0.4, 0.5) is 14.6 Å². The number of piperidine rings is 1. The monoisotopic (exact) mass is 681 g/mol. The molecule has 6 heterocycles. The predicted molar refractivity (Wildman–Crippen MR) is 187 cm³/mol. The number of aromatic hydroxyl groups is 1. The molecule has 4 aromatic rings. The van der Waals surface area contributed by atoms with Crippen LogP contribution in [0.2, 0.25) is 0 Å². The van der Waals surface area contributed by atoms with Crippen molar-refractivity contribution in [3.63, 3.8) is 0 Å². The second kappa shape index (κ2) is 11.9. The Bertz CT molecular complexity index is 2060. The number of ether oxygens (including phenoxy) is 2. The van der Waals surface area contributed by atoms with Gasteiger partial charge in [-0.05, 0) is 82.8 Å². The van der Waals surface area contributed by atoms with Gasteiger partial charge in [0.25, 0.3) is 0 Å². The van der Waals surface area contributed by atoms with Crippen LogP contribution in [-0.4, -0.2) is 108 Å². The Balaban J connectivity index is 1.15. The number of terminal acetylenes is 1. The lowest BCUT2D eigenvalue weighted by Crippen LogP contribution is -2.60. The summed E-state index contributed by atoms with van der Waals surface area (Å²) in [5.74, 6) is 1.62. The van der Waals surface area contributed by atoms with Gasteiger partial charge in [-0.25, -0.2) is 13.8 Å². The van der Waals surface area contributed by atoms with E-state index in [2.05, 4.69) is 40.0 Å².